The summed E-state index contributed by atoms with van der Waals surface area (Å²) in [5, 5.41) is 0. The van der Waals surface area contributed by atoms with E-state index in [1.807, 2.05) is 0 Å². The van der Waals surface area contributed by atoms with Gasteiger partial charge in [-0.1, -0.05) is 36.8 Å². The first kappa shape index (κ1) is 12.6. The molecule has 0 amide bonds. The zero-order valence-corrected chi connectivity index (χ0v) is 11.0. The van der Waals surface area contributed by atoms with E-state index in [2.05, 4.69) is 43.0 Å². The molecule has 1 aliphatic heterocycles. The molecule has 2 rings (SSSR count). The van der Waals surface area contributed by atoms with E-state index in [0.717, 1.165) is 12.6 Å². The Balaban J connectivity index is 1.99. The van der Waals surface area contributed by atoms with Crippen LogP contribution in [0.15, 0.2) is 24.3 Å². The van der Waals surface area contributed by atoms with Crippen molar-refractivity contribution in [2.24, 2.45) is 5.73 Å². The largest absolute Gasteiger partial charge is 0.323 e. The molecule has 1 aliphatic rings. The van der Waals surface area contributed by atoms with Crippen molar-refractivity contribution in [3.8, 4) is 0 Å². The third-order valence-corrected chi connectivity index (χ3v) is 3.87. The van der Waals surface area contributed by atoms with Crippen LogP contribution in [0.2, 0.25) is 0 Å². The van der Waals surface area contributed by atoms with Crippen LogP contribution in [0.5, 0.6) is 0 Å². The van der Waals surface area contributed by atoms with Crippen molar-refractivity contribution in [1.29, 1.82) is 0 Å². The standard InChI is InChI=1S/C15H24N2/c1-3-14-8-5-9-17(14)11-15(16)13-7-4-6-12(2)10-13/h4,6-7,10,14-15H,3,5,8-9,11,16H2,1-2H3. The van der Waals surface area contributed by atoms with Crippen molar-refractivity contribution in [3.63, 3.8) is 0 Å². The Labute approximate surface area is 105 Å². The quantitative estimate of drug-likeness (QED) is 0.865. The molecule has 17 heavy (non-hydrogen) atoms. The SMILES string of the molecule is CCC1CCCN1CC(N)c1cccc(C)c1. The van der Waals surface area contributed by atoms with Gasteiger partial charge in [-0.2, -0.15) is 0 Å². The van der Waals surface area contributed by atoms with Crippen LogP contribution in [0.1, 0.15) is 43.4 Å². The van der Waals surface area contributed by atoms with Gasteiger partial charge in [0.15, 0.2) is 0 Å². The molecule has 2 N–H and O–H groups in total. The Morgan fingerprint density at radius 3 is 3.00 bits per heavy atom. The summed E-state index contributed by atoms with van der Waals surface area (Å²) < 4.78 is 0. The highest BCUT2D eigenvalue weighted by Gasteiger charge is 2.24. The molecule has 0 spiro atoms. The van der Waals surface area contributed by atoms with Crippen molar-refractivity contribution in [1.82, 2.24) is 4.90 Å². The Morgan fingerprint density at radius 2 is 2.29 bits per heavy atom. The average Bonchev–Trinajstić information content (AvgIpc) is 2.76. The Kier molecular flexibility index (Phi) is 4.19. The van der Waals surface area contributed by atoms with Crippen LogP contribution < -0.4 is 5.73 Å². The highest BCUT2D eigenvalue weighted by Crippen LogP contribution is 2.23. The molecular weight excluding hydrogens is 208 g/mol. The van der Waals surface area contributed by atoms with Crippen LogP contribution in [0.3, 0.4) is 0 Å². The van der Waals surface area contributed by atoms with Gasteiger partial charge in [0.05, 0.1) is 0 Å². The summed E-state index contributed by atoms with van der Waals surface area (Å²) in [5.74, 6) is 0. The maximum Gasteiger partial charge on any atom is 0.0424 e. The summed E-state index contributed by atoms with van der Waals surface area (Å²) in [6.07, 6.45) is 3.93. The number of hydrogen-bond donors (Lipinski definition) is 1. The van der Waals surface area contributed by atoms with Gasteiger partial charge in [-0.05, 0) is 38.3 Å². The minimum atomic E-state index is 0.155. The minimum Gasteiger partial charge on any atom is -0.323 e. The van der Waals surface area contributed by atoms with E-state index in [0.29, 0.717) is 0 Å². The first-order valence-corrected chi connectivity index (χ1v) is 6.77. The predicted molar refractivity (Wildman–Crippen MR) is 73.0 cm³/mol. The van der Waals surface area contributed by atoms with E-state index in [1.54, 1.807) is 0 Å². The van der Waals surface area contributed by atoms with Gasteiger partial charge in [-0.3, -0.25) is 4.90 Å². The minimum absolute atomic E-state index is 0.155. The van der Waals surface area contributed by atoms with Crippen LogP contribution in [0, 0.1) is 6.92 Å². The van der Waals surface area contributed by atoms with Crippen LogP contribution in [0.25, 0.3) is 0 Å². The van der Waals surface area contributed by atoms with Crippen molar-refractivity contribution in [3.05, 3.63) is 35.4 Å². The van der Waals surface area contributed by atoms with E-state index < -0.39 is 0 Å². The van der Waals surface area contributed by atoms with Gasteiger partial charge < -0.3 is 5.73 Å². The third kappa shape index (κ3) is 3.08. The Hall–Kier alpha value is -0.860. The summed E-state index contributed by atoms with van der Waals surface area (Å²) in [6.45, 7) is 6.63. The molecule has 2 atom stereocenters. The Bertz CT molecular complexity index is 362. The number of hydrogen-bond acceptors (Lipinski definition) is 2. The molecule has 2 unspecified atom stereocenters. The van der Waals surface area contributed by atoms with E-state index in [4.69, 9.17) is 5.73 Å². The van der Waals surface area contributed by atoms with Crippen LogP contribution >= 0.6 is 0 Å². The number of nitrogens with zero attached hydrogens (tertiary/aromatic N) is 1. The molecule has 0 aromatic heterocycles. The number of aryl methyl sites for hydroxylation is 1. The number of benzene rings is 1. The number of likely N-dealkylation sites (tertiary alicyclic amines) is 1. The maximum absolute atomic E-state index is 6.32. The van der Waals surface area contributed by atoms with E-state index in [9.17, 15) is 0 Å². The molecule has 2 nitrogen and oxygen atoms in total. The fourth-order valence-electron chi connectivity index (χ4n) is 2.86. The smallest absolute Gasteiger partial charge is 0.0424 e. The van der Waals surface area contributed by atoms with Gasteiger partial charge in [-0.25, -0.2) is 0 Å². The lowest BCUT2D eigenvalue weighted by Crippen LogP contribution is -2.35. The lowest BCUT2D eigenvalue weighted by molar-refractivity contribution is 0.234. The van der Waals surface area contributed by atoms with Gasteiger partial charge in [-0.15, -0.1) is 0 Å². The van der Waals surface area contributed by atoms with Gasteiger partial charge in [0.25, 0.3) is 0 Å². The van der Waals surface area contributed by atoms with Gasteiger partial charge in [0, 0.05) is 18.6 Å². The molecule has 1 aromatic carbocycles. The fourth-order valence-corrected chi connectivity index (χ4v) is 2.86. The van der Waals surface area contributed by atoms with Gasteiger partial charge in [0.1, 0.15) is 0 Å². The summed E-state index contributed by atoms with van der Waals surface area (Å²) in [6, 6.07) is 9.50. The van der Waals surface area contributed by atoms with Crippen LogP contribution in [-0.4, -0.2) is 24.0 Å². The van der Waals surface area contributed by atoms with Crippen molar-refractivity contribution in [2.75, 3.05) is 13.1 Å². The molecule has 1 heterocycles. The van der Waals surface area contributed by atoms with Crippen molar-refractivity contribution < 1.29 is 0 Å². The van der Waals surface area contributed by atoms with E-state index in [1.165, 1.54) is 36.9 Å². The van der Waals surface area contributed by atoms with Crippen LogP contribution in [-0.2, 0) is 0 Å². The topological polar surface area (TPSA) is 29.3 Å². The molecule has 1 aromatic rings. The lowest BCUT2D eigenvalue weighted by Gasteiger charge is -2.26. The summed E-state index contributed by atoms with van der Waals surface area (Å²) >= 11 is 0. The maximum atomic E-state index is 6.32. The van der Waals surface area contributed by atoms with E-state index >= 15 is 0 Å². The predicted octanol–water partition coefficient (Wildman–Crippen LogP) is 2.87. The molecule has 0 aliphatic carbocycles. The summed E-state index contributed by atoms with van der Waals surface area (Å²) in [5.41, 5.74) is 8.89. The highest BCUT2D eigenvalue weighted by molar-refractivity contribution is 5.25. The molecule has 1 fully saturated rings. The summed E-state index contributed by atoms with van der Waals surface area (Å²) in [7, 11) is 0. The summed E-state index contributed by atoms with van der Waals surface area (Å²) in [4.78, 5) is 2.56. The molecular formula is C15H24N2. The second-order valence-corrected chi connectivity index (χ2v) is 5.22. The number of rotatable bonds is 4. The van der Waals surface area contributed by atoms with Crippen LogP contribution in [0.4, 0.5) is 0 Å². The molecule has 0 saturated carbocycles. The zero-order chi connectivity index (χ0) is 12.3. The number of nitrogens with two attached hydrogens (primary N) is 1. The first-order chi connectivity index (χ1) is 8.20. The second-order valence-electron chi connectivity index (χ2n) is 5.22. The average molecular weight is 232 g/mol. The van der Waals surface area contributed by atoms with Gasteiger partial charge >= 0.3 is 0 Å². The molecule has 2 heteroatoms. The first-order valence-electron chi connectivity index (χ1n) is 6.77. The highest BCUT2D eigenvalue weighted by atomic mass is 15.2. The van der Waals surface area contributed by atoms with Crippen molar-refractivity contribution >= 4 is 0 Å². The van der Waals surface area contributed by atoms with E-state index in [-0.39, 0.29) is 6.04 Å². The molecule has 1 saturated heterocycles. The third-order valence-electron chi connectivity index (χ3n) is 3.87. The normalized spacial score (nSPS) is 22.9. The molecule has 0 radical (unpaired) electrons. The second kappa shape index (κ2) is 5.65. The lowest BCUT2D eigenvalue weighted by atomic mass is 10.0. The molecule has 0 bridgehead atoms. The fraction of sp³-hybridized carbons (Fsp3) is 0.600. The van der Waals surface area contributed by atoms with Gasteiger partial charge in [0.2, 0.25) is 0 Å². The Morgan fingerprint density at radius 1 is 1.47 bits per heavy atom. The molecule has 94 valence electrons. The van der Waals surface area contributed by atoms with Crippen molar-refractivity contribution in [2.45, 2.75) is 45.2 Å². The zero-order valence-electron chi connectivity index (χ0n) is 11.0. The monoisotopic (exact) mass is 232 g/mol.